The molecule has 1 aromatic carbocycles. The number of furan rings is 1. The molecular weight excluding hydrogens is 464 g/mol. The molecule has 0 aliphatic carbocycles. The van der Waals surface area contributed by atoms with E-state index in [0.29, 0.717) is 19.0 Å². The van der Waals surface area contributed by atoms with Crippen molar-refractivity contribution in [2.45, 2.75) is 13.0 Å². The molecule has 1 aromatic heterocycles. The first kappa shape index (κ1) is 19.0. The van der Waals surface area contributed by atoms with Gasteiger partial charge in [-0.25, -0.2) is 4.39 Å². The van der Waals surface area contributed by atoms with Gasteiger partial charge in [-0.05, 0) is 35.9 Å². The molecule has 0 aliphatic heterocycles. The number of hydrogen-bond acceptors (Lipinski definition) is 2. The van der Waals surface area contributed by atoms with Crippen LogP contribution in [0.4, 0.5) is 4.39 Å². The van der Waals surface area contributed by atoms with Gasteiger partial charge in [-0.2, -0.15) is 0 Å². The summed E-state index contributed by atoms with van der Waals surface area (Å²) >= 11 is 3.40. The summed E-state index contributed by atoms with van der Waals surface area (Å²) in [5, 5.41) is 6.33. The van der Waals surface area contributed by atoms with Gasteiger partial charge < -0.3 is 15.1 Å². The molecule has 2 aromatic rings. The van der Waals surface area contributed by atoms with Gasteiger partial charge in [-0.15, -0.1) is 24.0 Å². The molecule has 120 valence electrons. The van der Waals surface area contributed by atoms with Gasteiger partial charge >= 0.3 is 0 Å². The zero-order valence-corrected chi connectivity index (χ0v) is 16.0. The van der Waals surface area contributed by atoms with E-state index in [-0.39, 0.29) is 29.8 Å². The zero-order valence-electron chi connectivity index (χ0n) is 12.1. The molecule has 0 fully saturated rings. The Morgan fingerprint density at radius 3 is 2.82 bits per heavy atom. The van der Waals surface area contributed by atoms with Gasteiger partial charge in [-0.3, -0.25) is 4.99 Å². The second-order valence-electron chi connectivity index (χ2n) is 4.42. The molecule has 0 amide bonds. The summed E-state index contributed by atoms with van der Waals surface area (Å²) in [4.78, 5) is 4.13. The molecule has 1 heterocycles. The molecule has 4 nitrogen and oxygen atoms in total. The molecule has 0 bridgehead atoms. The van der Waals surface area contributed by atoms with Crippen LogP contribution < -0.4 is 10.6 Å². The fourth-order valence-electron chi connectivity index (χ4n) is 1.84. The van der Waals surface area contributed by atoms with Gasteiger partial charge in [0.05, 0.1) is 6.26 Å². The van der Waals surface area contributed by atoms with Crippen molar-refractivity contribution in [3.63, 3.8) is 0 Å². The predicted molar refractivity (Wildman–Crippen MR) is 100 cm³/mol. The third-order valence-electron chi connectivity index (χ3n) is 2.92. The summed E-state index contributed by atoms with van der Waals surface area (Å²) in [5.74, 6) is 1.33. The first-order valence-electron chi connectivity index (χ1n) is 6.60. The highest BCUT2D eigenvalue weighted by atomic mass is 127. The van der Waals surface area contributed by atoms with E-state index in [1.54, 1.807) is 19.4 Å². The minimum absolute atomic E-state index is 0. The van der Waals surface area contributed by atoms with Crippen LogP contribution in [0.3, 0.4) is 0 Å². The summed E-state index contributed by atoms with van der Waals surface area (Å²) in [5.41, 5.74) is 0.837. The normalized spacial score (nSPS) is 11.0. The monoisotopic (exact) mass is 481 g/mol. The zero-order chi connectivity index (χ0) is 15.1. The van der Waals surface area contributed by atoms with Crippen molar-refractivity contribution in [2.24, 2.45) is 4.99 Å². The quantitative estimate of drug-likeness (QED) is 0.389. The molecule has 0 saturated carbocycles. The number of nitrogens with one attached hydrogen (secondary N) is 2. The van der Waals surface area contributed by atoms with Gasteiger partial charge in [0.25, 0.3) is 0 Å². The first-order chi connectivity index (χ1) is 10.2. The number of rotatable bonds is 5. The van der Waals surface area contributed by atoms with Gasteiger partial charge in [0.1, 0.15) is 11.6 Å². The van der Waals surface area contributed by atoms with Crippen LogP contribution in [-0.2, 0) is 13.0 Å². The number of nitrogens with zero attached hydrogens (tertiary/aromatic N) is 1. The fourth-order valence-corrected chi connectivity index (χ4v) is 2.22. The molecule has 0 unspecified atom stereocenters. The fraction of sp³-hybridized carbons (Fsp3) is 0.267. The third-order valence-corrected chi connectivity index (χ3v) is 3.70. The highest BCUT2D eigenvalue weighted by molar-refractivity contribution is 14.0. The minimum atomic E-state index is -0.254. The van der Waals surface area contributed by atoms with Crippen molar-refractivity contribution in [3.05, 3.63) is 58.2 Å². The summed E-state index contributed by atoms with van der Waals surface area (Å²) < 4.78 is 19.3. The highest BCUT2D eigenvalue weighted by Gasteiger charge is 2.04. The van der Waals surface area contributed by atoms with Crippen LogP contribution in [0.25, 0.3) is 0 Å². The summed E-state index contributed by atoms with van der Waals surface area (Å²) in [6.07, 6.45) is 2.43. The molecule has 0 spiro atoms. The van der Waals surface area contributed by atoms with Gasteiger partial charge in [-0.1, -0.05) is 15.9 Å². The Bertz CT molecular complexity index is 605. The lowest BCUT2D eigenvalue weighted by Gasteiger charge is -2.12. The summed E-state index contributed by atoms with van der Waals surface area (Å²) in [7, 11) is 1.70. The smallest absolute Gasteiger partial charge is 0.191 e. The number of hydrogen-bond donors (Lipinski definition) is 2. The van der Waals surface area contributed by atoms with Crippen LogP contribution in [0.5, 0.6) is 0 Å². The Morgan fingerprint density at radius 1 is 1.32 bits per heavy atom. The van der Waals surface area contributed by atoms with Crippen LogP contribution in [-0.4, -0.2) is 19.6 Å². The Balaban J connectivity index is 0.00000242. The standard InChI is InChI=1S/C15H17BrFN3O.HI/c1-18-15(19-7-6-13-3-2-8-21-13)20-10-11-9-12(17)4-5-14(11)16;/h2-5,8-9H,6-7,10H2,1H3,(H2,18,19,20);1H. The number of halogens is 3. The van der Waals surface area contributed by atoms with Crippen molar-refractivity contribution in [2.75, 3.05) is 13.6 Å². The molecule has 7 heteroatoms. The largest absolute Gasteiger partial charge is 0.469 e. The number of guanidine groups is 1. The predicted octanol–water partition coefficient (Wildman–Crippen LogP) is 3.71. The Labute approximate surface area is 154 Å². The van der Waals surface area contributed by atoms with Crippen LogP contribution in [0.2, 0.25) is 0 Å². The number of benzene rings is 1. The average Bonchev–Trinajstić information content (AvgIpc) is 2.99. The lowest BCUT2D eigenvalue weighted by Crippen LogP contribution is -2.37. The van der Waals surface area contributed by atoms with Gasteiger partial charge in [0.15, 0.2) is 5.96 Å². The molecule has 0 aliphatic rings. The molecule has 2 rings (SSSR count). The van der Waals surface area contributed by atoms with Crippen molar-refractivity contribution >= 4 is 45.9 Å². The molecule has 0 atom stereocenters. The van der Waals surface area contributed by atoms with Crippen LogP contribution in [0.1, 0.15) is 11.3 Å². The maximum atomic E-state index is 13.2. The highest BCUT2D eigenvalue weighted by Crippen LogP contribution is 2.17. The van der Waals surface area contributed by atoms with Crippen LogP contribution in [0, 0.1) is 5.82 Å². The van der Waals surface area contributed by atoms with Crippen LogP contribution in [0.15, 0.2) is 50.5 Å². The van der Waals surface area contributed by atoms with Gasteiger partial charge in [0, 0.05) is 31.0 Å². The van der Waals surface area contributed by atoms with Gasteiger partial charge in [0.2, 0.25) is 0 Å². The topological polar surface area (TPSA) is 49.6 Å². The molecule has 2 N–H and O–H groups in total. The second-order valence-corrected chi connectivity index (χ2v) is 5.27. The first-order valence-corrected chi connectivity index (χ1v) is 7.39. The molecular formula is C15H18BrFIN3O. The minimum Gasteiger partial charge on any atom is -0.469 e. The van der Waals surface area contributed by atoms with Crippen molar-refractivity contribution in [1.82, 2.24) is 10.6 Å². The van der Waals surface area contributed by atoms with E-state index in [2.05, 4.69) is 31.6 Å². The van der Waals surface area contributed by atoms with Crippen molar-refractivity contribution < 1.29 is 8.81 Å². The molecule has 0 radical (unpaired) electrons. The van der Waals surface area contributed by atoms with E-state index < -0.39 is 0 Å². The number of aliphatic imine (C=N–C) groups is 1. The summed E-state index contributed by atoms with van der Waals surface area (Å²) in [6, 6.07) is 8.41. The third kappa shape index (κ3) is 5.96. The van der Waals surface area contributed by atoms with E-state index in [0.717, 1.165) is 22.2 Å². The lowest BCUT2D eigenvalue weighted by atomic mass is 10.2. The molecule has 22 heavy (non-hydrogen) atoms. The maximum absolute atomic E-state index is 13.2. The van der Waals surface area contributed by atoms with E-state index in [1.165, 1.54) is 12.1 Å². The lowest BCUT2D eigenvalue weighted by molar-refractivity contribution is 0.507. The Hall–Kier alpha value is -1.09. The van der Waals surface area contributed by atoms with Crippen molar-refractivity contribution in [3.8, 4) is 0 Å². The van der Waals surface area contributed by atoms with Crippen molar-refractivity contribution in [1.29, 1.82) is 0 Å². The Kier molecular flexibility index (Phi) is 8.47. The molecule has 0 saturated heterocycles. The summed E-state index contributed by atoms with van der Waals surface area (Å²) in [6.45, 7) is 1.19. The van der Waals surface area contributed by atoms with E-state index >= 15 is 0 Å². The van der Waals surface area contributed by atoms with Crippen LogP contribution >= 0.6 is 39.9 Å². The van der Waals surface area contributed by atoms with E-state index in [1.807, 2.05) is 12.1 Å². The Morgan fingerprint density at radius 2 is 2.14 bits per heavy atom. The second kappa shape index (κ2) is 9.83. The van der Waals surface area contributed by atoms with E-state index in [9.17, 15) is 4.39 Å². The van der Waals surface area contributed by atoms with E-state index in [4.69, 9.17) is 4.42 Å². The SMILES string of the molecule is CN=C(NCCc1ccco1)NCc1cc(F)ccc1Br.I. The maximum Gasteiger partial charge on any atom is 0.191 e. The average molecular weight is 482 g/mol.